The van der Waals surface area contributed by atoms with Crippen molar-refractivity contribution < 1.29 is 9.18 Å². The summed E-state index contributed by atoms with van der Waals surface area (Å²) in [5.41, 5.74) is 2.44. The average molecular weight is 363 g/mol. The van der Waals surface area contributed by atoms with E-state index in [2.05, 4.69) is 37.9 Å². The third kappa shape index (κ3) is 5.22. The Kier molecular flexibility index (Phi) is 5.69. The summed E-state index contributed by atoms with van der Waals surface area (Å²) in [6.45, 7) is 6.50. The third-order valence-electron chi connectivity index (χ3n) is 4.74. The van der Waals surface area contributed by atoms with Gasteiger partial charge in [-0.25, -0.2) is 4.39 Å². The quantitative estimate of drug-likeness (QED) is 0.555. The predicted molar refractivity (Wildman–Crippen MR) is 108 cm³/mol. The van der Waals surface area contributed by atoms with Crippen LogP contribution in [0.2, 0.25) is 0 Å². The Bertz CT molecular complexity index is 928. The highest BCUT2D eigenvalue weighted by Crippen LogP contribution is 2.28. The number of fused-ring (bicyclic) bond motifs is 1. The molecule has 2 aromatic carbocycles. The Morgan fingerprint density at radius 3 is 2.48 bits per heavy atom. The lowest BCUT2D eigenvalue weighted by atomic mass is 9.79. The van der Waals surface area contributed by atoms with Gasteiger partial charge >= 0.3 is 0 Å². The maximum atomic E-state index is 13.8. The van der Waals surface area contributed by atoms with Crippen LogP contribution in [0.1, 0.15) is 38.3 Å². The number of hydrogen-bond acceptors (Lipinski definition) is 2. The normalized spacial score (nSPS) is 12.9. The Morgan fingerprint density at radius 1 is 1.04 bits per heavy atom. The highest BCUT2D eigenvalue weighted by atomic mass is 19.1. The van der Waals surface area contributed by atoms with Gasteiger partial charge in [0.1, 0.15) is 17.1 Å². The molecule has 0 fully saturated rings. The van der Waals surface area contributed by atoms with E-state index in [9.17, 15) is 9.18 Å². The van der Waals surface area contributed by atoms with E-state index in [1.165, 1.54) is 11.6 Å². The minimum absolute atomic E-state index is 0.0457. The Morgan fingerprint density at radius 2 is 1.78 bits per heavy atom. The molecule has 1 aromatic heterocycles. The number of carbonyl (C=O) groups is 1. The fourth-order valence-electron chi connectivity index (χ4n) is 3.55. The monoisotopic (exact) mass is 363 g/mol. The van der Waals surface area contributed by atoms with Crippen molar-refractivity contribution in [3.8, 4) is 0 Å². The zero-order valence-electron chi connectivity index (χ0n) is 16.2. The first kappa shape index (κ1) is 19.2. The van der Waals surface area contributed by atoms with E-state index >= 15 is 0 Å². The number of Topliss-reactive ketones (excluding diaryl/α,β-unsaturated/α-hetero) is 1. The van der Waals surface area contributed by atoms with Crippen LogP contribution in [-0.2, 0) is 17.6 Å². The number of pyridine rings is 1. The number of para-hydroxylation sites is 1. The molecule has 0 amide bonds. The van der Waals surface area contributed by atoms with Crippen molar-refractivity contribution in [3.63, 3.8) is 0 Å². The predicted octanol–water partition coefficient (Wildman–Crippen LogP) is 5.78. The lowest BCUT2D eigenvalue weighted by Crippen LogP contribution is -2.25. The van der Waals surface area contributed by atoms with Gasteiger partial charge in [-0.15, -0.1) is 0 Å². The van der Waals surface area contributed by atoms with Crippen molar-refractivity contribution in [3.05, 3.63) is 77.7 Å². The van der Waals surface area contributed by atoms with E-state index in [4.69, 9.17) is 0 Å². The lowest BCUT2D eigenvalue weighted by molar-refractivity contribution is -0.123. The van der Waals surface area contributed by atoms with Crippen molar-refractivity contribution in [1.29, 1.82) is 0 Å². The standard InChI is InChI=1S/C24H26FNO/c1-24(2,3)15-20(12-17-8-5-4-6-9-17)22(27)14-18-13-19-10-7-11-21(25)23(19)26-16-18/h4-11,13,16,20H,12,14-15H2,1-3H3. The van der Waals surface area contributed by atoms with E-state index in [1.807, 2.05) is 30.3 Å². The number of hydrogen-bond donors (Lipinski definition) is 0. The highest BCUT2D eigenvalue weighted by Gasteiger charge is 2.25. The summed E-state index contributed by atoms with van der Waals surface area (Å²) in [5.74, 6) is -0.165. The molecule has 0 aliphatic carbocycles. The van der Waals surface area contributed by atoms with Gasteiger partial charge in [-0.3, -0.25) is 9.78 Å². The van der Waals surface area contributed by atoms with Crippen LogP contribution in [0.25, 0.3) is 10.9 Å². The van der Waals surface area contributed by atoms with Crippen molar-refractivity contribution in [2.45, 2.75) is 40.0 Å². The summed E-state index contributed by atoms with van der Waals surface area (Å²) in [6, 6.07) is 16.9. The second kappa shape index (κ2) is 7.99. The third-order valence-corrected chi connectivity index (χ3v) is 4.74. The topological polar surface area (TPSA) is 30.0 Å². The number of rotatable bonds is 6. The van der Waals surface area contributed by atoms with Gasteiger partial charge in [0.25, 0.3) is 0 Å². The molecule has 0 aliphatic heterocycles. The molecule has 1 heterocycles. The van der Waals surface area contributed by atoms with Crippen LogP contribution >= 0.6 is 0 Å². The Labute approximate surface area is 160 Å². The summed E-state index contributed by atoms with van der Waals surface area (Å²) >= 11 is 0. The Hall–Kier alpha value is -2.55. The first-order valence-electron chi connectivity index (χ1n) is 9.42. The van der Waals surface area contributed by atoms with Crippen LogP contribution in [-0.4, -0.2) is 10.8 Å². The van der Waals surface area contributed by atoms with Gasteiger partial charge in [0, 0.05) is 23.9 Å². The lowest BCUT2D eigenvalue weighted by Gasteiger charge is -2.25. The van der Waals surface area contributed by atoms with Crippen molar-refractivity contribution >= 4 is 16.7 Å². The van der Waals surface area contributed by atoms with Crippen molar-refractivity contribution in [1.82, 2.24) is 4.98 Å². The number of benzene rings is 2. The summed E-state index contributed by atoms with van der Waals surface area (Å²) < 4.78 is 13.8. The molecule has 2 nitrogen and oxygen atoms in total. The molecule has 0 saturated heterocycles. The molecule has 3 heteroatoms. The molecule has 0 spiro atoms. The molecule has 27 heavy (non-hydrogen) atoms. The summed E-state index contributed by atoms with van der Waals surface area (Å²) in [7, 11) is 0. The minimum Gasteiger partial charge on any atom is -0.299 e. The van der Waals surface area contributed by atoms with E-state index in [1.54, 1.807) is 12.3 Å². The molecule has 140 valence electrons. The zero-order valence-corrected chi connectivity index (χ0v) is 16.2. The molecular formula is C24H26FNO. The van der Waals surface area contributed by atoms with Gasteiger partial charge in [0.05, 0.1) is 0 Å². The van der Waals surface area contributed by atoms with Gasteiger partial charge < -0.3 is 0 Å². The number of carbonyl (C=O) groups excluding carboxylic acids is 1. The van der Waals surface area contributed by atoms with Crippen LogP contribution in [0.3, 0.4) is 0 Å². The molecule has 0 bridgehead atoms. The fraction of sp³-hybridized carbons (Fsp3) is 0.333. The van der Waals surface area contributed by atoms with Crippen LogP contribution < -0.4 is 0 Å². The van der Waals surface area contributed by atoms with Crippen molar-refractivity contribution in [2.24, 2.45) is 11.3 Å². The smallest absolute Gasteiger partial charge is 0.149 e. The Balaban J connectivity index is 1.81. The van der Waals surface area contributed by atoms with Gasteiger partial charge in [0.15, 0.2) is 0 Å². The van der Waals surface area contributed by atoms with Gasteiger partial charge in [0.2, 0.25) is 0 Å². The number of ketones is 1. The molecule has 1 unspecified atom stereocenters. The average Bonchev–Trinajstić information content (AvgIpc) is 2.61. The summed E-state index contributed by atoms with van der Waals surface area (Å²) in [5, 5.41) is 0.732. The SMILES string of the molecule is CC(C)(C)CC(Cc1ccccc1)C(=O)Cc1cnc2c(F)cccc2c1. The first-order chi connectivity index (χ1) is 12.8. The summed E-state index contributed by atoms with van der Waals surface area (Å²) in [6.07, 6.45) is 3.52. The number of aromatic nitrogens is 1. The van der Waals surface area contributed by atoms with Crippen LogP contribution in [0, 0.1) is 17.2 Å². The van der Waals surface area contributed by atoms with Gasteiger partial charge in [-0.2, -0.15) is 0 Å². The maximum Gasteiger partial charge on any atom is 0.149 e. The van der Waals surface area contributed by atoms with Gasteiger partial charge in [-0.1, -0.05) is 63.2 Å². The van der Waals surface area contributed by atoms with Gasteiger partial charge in [-0.05, 0) is 41.5 Å². The number of halogens is 1. The molecule has 1 atom stereocenters. The molecule has 3 aromatic rings. The molecule has 0 radical (unpaired) electrons. The molecule has 0 saturated carbocycles. The van der Waals surface area contributed by atoms with E-state index in [0.29, 0.717) is 11.9 Å². The fourth-order valence-corrected chi connectivity index (χ4v) is 3.55. The van der Waals surface area contributed by atoms with E-state index in [0.717, 1.165) is 23.8 Å². The minimum atomic E-state index is -0.333. The second-order valence-corrected chi connectivity index (χ2v) is 8.45. The molecular weight excluding hydrogens is 337 g/mol. The first-order valence-corrected chi connectivity index (χ1v) is 9.42. The molecule has 0 N–H and O–H groups in total. The second-order valence-electron chi connectivity index (χ2n) is 8.45. The maximum absolute atomic E-state index is 13.8. The van der Waals surface area contributed by atoms with Crippen LogP contribution in [0.15, 0.2) is 60.8 Å². The molecule has 3 rings (SSSR count). The van der Waals surface area contributed by atoms with E-state index < -0.39 is 0 Å². The zero-order chi connectivity index (χ0) is 19.4. The van der Waals surface area contributed by atoms with Crippen LogP contribution in [0.4, 0.5) is 4.39 Å². The van der Waals surface area contributed by atoms with Crippen LogP contribution in [0.5, 0.6) is 0 Å². The summed E-state index contributed by atoms with van der Waals surface area (Å²) in [4.78, 5) is 17.3. The van der Waals surface area contributed by atoms with E-state index in [-0.39, 0.29) is 22.9 Å². The molecule has 0 aliphatic rings. The van der Waals surface area contributed by atoms with Crippen molar-refractivity contribution in [2.75, 3.05) is 0 Å². The largest absolute Gasteiger partial charge is 0.299 e. The highest BCUT2D eigenvalue weighted by molar-refractivity contribution is 5.85. The number of nitrogens with zero attached hydrogens (tertiary/aromatic N) is 1.